The van der Waals surface area contributed by atoms with Crippen molar-refractivity contribution in [2.24, 2.45) is 5.73 Å². The van der Waals surface area contributed by atoms with Crippen molar-refractivity contribution in [3.8, 4) is 5.75 Å². The predicted molar refractivity (Wildman–Crippen MR) is 72.2 cm³/mol. The van der Waals surface area contributed by atoms with Gasteiger partial charge < -0.3 is 10.5 Å². The smallest absolute Gasteiger partial charge is 0.122 e. The fourth-order valence-electron chi connectivity index (χ4n) is 1.44. The topological polar surface area (TPSA) is 35.2 Å². The molecule has 0 saturated heterocycles. The van der Waals surface area contributed by atoms with Crippen LogP contribution in [0.4, 0.5) is 0 Å². The van der Waals surface area contributed by atoms with E-state index in [2.05, 4.69) is 19.1 Å². The average molecular weight is 239 g/mol. The van der Waals surface area contributed by atoms with Gasteiger partial charge in [0.25, 0.3) is 0 Å². The van der Waals surface area contributed by atoms with Crippen LogP contribution >= 0.6 is 11.8 Å². The van der Waals surface area contributed by atoms with Crippen LogP contribution in [0.5, 0.6) is 5.75 Å². The van der Waals surface area contributed by atoms with E-state index in [0.717, 1.165) is 17.3 Å². The van der Waals surface area contributed by atoms with E-state index < -0.39 is 0 Å². The Morgan fingerprint density at radius 3 is 2.62 bits per heavy atom. The first-order valence-electron chi connectivity index (χ1n) is 5.42. The summed E-state index contributed by atoms with van der Waals surface area (Å²) in [5, 5.41) is 0. The van der Waals surface area contributed by atoms with Gasteiger partial charge in [0.15, 0.2) is 0 Å². The number of aryl methyl sites for hydroxylation is 1. The van der Waals surface area contributed by atoms with Crippen LogP contribution in [0.3, 0.4) is 0 Å². The molecule has 0 fully saturated rings. The number of benzene rings is 1. The quantitative estimate of drug-likeness (QED) is 0.858. The molecule has 1 rings (SSSR count). The van der Waals surface area contributed by atoms with Gasteiger partial charge in [0.2, 0.25) is 0 Å². The normalized spacial score (nSPS) is 11.6. The van der Waals surface area contributed by atoms with Crippen LogP contribution in [0.1, 0.15) is 25.0 Å². The van der Waals surface area contributed by atoms with Crippen molar-refractivity contribution in [3.63, 3.8) is 0 Å². The third-order valence-electron chi connectivity index (χ3n) is 2.17. The Balaban J connectivity index is 2.62. The van der Waals surface area contributed by atoms with Crippen molar-refractivity contribution in [1.82, 2.24) is 0 Å². The van der Waals surface area contributed by atoms with Crippen LogP contribution in [0.2, 0.25) is 0 Å². The zero-order valence-corrected chi connectivity index (χ0v) is 11.4. The van der Waals surface area contributed by atoms with Crippen molar-refractivity contribution in [2.75, 3.05) is 12.9 Å². The molecule has 0 atom stereocenters. The number of nitrogens with two attached hydrogens (primary N) is 1. The minimum atomic E-state index is -0.109. The minimum absolute atomic E-state index is 0.109. The van der Waals surface area contributed by atoms with Gasteiger partial charge in [-0.05, 0) is 26.8 Å². The molecule has 0 saturated carbocycles. The number of hydrogen-bond acceptors (Lipinski definition) is 3. The Bertz CT molecular complexity index is 344. The van der Waals surface area contributed by atoms with Gasteiger partial charge >= 0.3 is 0 Å². The molecule has 16 heavy (non-hydrogen) atoms. The number of methoxy groups -OCH3 is 1. The van der Waals surface area contributed by atoms with Crippen molar-refractivity contribution in [2.45, 2.75) is 32.1 Å². The van der Waals surface area contributed by atoms with E-state index >= 15 is 0 Å². The predicted octanol–water partition coefficient (Wildman–Crippen LogP) is 2.97. The molecule has 0 spiro atoms. The van der Waals surface area contributed by atoms with E-state index in [9.17, 15) is 0 Å². The Hall–Kier alpha value is -0.670. The molecule has 1 aromatic rings. The molecular formula is C13H21NOS. The molecule has 90 valence electrons. The highest BCUT2D eigenvalue weighted by Crippen LogP contribution is 2.25. The Morgan fingerprint density at radius 2 is 2.06 bits per heavy atom. The number of hydrogen-bond donors (Lipinski definition) is 1. The first-order chi connectivity index (χ1) is 7.42. The van der Waals surface area contributed by atoms with Gasteiger partial charge in [0.05, 0.1) is 7.11 Å². The summed E-state index contributed by atoms with van der Waals surface area (Å²) in [6.07, 6.45) is 0. The Labute approximate surface area is 103 Å². The fraction of sp³-hybridized carbons (Fsp3) is 0.538. The molecule has 3 heteroatoms. The van der Waals surface area contributed by atoms with Crippen LogP contribution < -0.4 is 10.5 Å². The molecule has 0 bridgehead atoms. The largest absolute Gasteiger partial charge is 0.496 e. The molecule has 0 heterocycles. The second kappa shape index (κ2) is 5.60. The van der Waals surface area contributed by atoms with E-state index in [1.807, 2.05) is 31.7 Å². The van der Waals surface area contributed by atoms with Crippen molar-refractivity contribution in [3.05, 3.63) is 29.3 Å². The molecule has 0 unspecified atom stereocenters. The summed E-state index contributed by atoms with van der Waals surface area (Å²) >= 11 is 1.85. The van der Waals surface area contributed by atoms with E-state index in [1.54, 1.807) is 7.11 Å². The van der Waals surface area contributed by atoms with Gasteiger partial charge in [-0.15, -0.1) is 0 Å². The van der Waals surface area contributed by atoms with Gasteiger partial charge in [0, 0.05) is 22.6 Å². The lowest BCUT2D eigenvalue weighted by atomic mass is 10.1. The molecule has 2 N–H and O–H groups in total. The molecule has 0 radical (unpaired) electrons. The summed E-state index contributed by atoms with van der Waals surface area (Å²) in [6.45, 7) is 6.20. The summed E-state index contributed by atoms with van der Waals surface area (Å²) in [5.74, 6) is 2.86. The summed E-state index contributed by atoms with van der Waals surface area (Å²) in [4.78, 5) is 0. The highest BCUT2D eigenvalue weighted by atomic mass is 32.2. The third kappa shape index (κ3) is 4.45. The molecule has 1 aromatic carbocycles. The van der Waals surface area contributed by atoms with Gasteiger partial charge in [-0.3, -0.25) is 0 Å². The maximum atomic E-state index is 5.95. The van der Waals surface area contributed by atoms with Crippen molar-refractivity contribution >= 4 is 11.8 Å². The monoisotopic (exact) mass is 239 g/mol. The molecular weight excluding hydrogens is 218 g/mol. The molecule has 0 aromatic heterocycles. The van der Waals surface area contributed by atoms with Gasteiger partial charge in [-0.25, -0.2) is 0 Å². The third-order valence-corrected chi connectivity index (χ3v) is 3.63. The lowest BCUT2D eigenvalue weighted by molar-refractivity contribution is 0.411. The number of ether oxygens (including phenoxy) is 1. The molecule has 0 aliphatic heterocycles. The molecule has 2 nitrogen and oxygen atoms in total. The summed E-state index contributed by atoms with van der Waals surface area (Å²) in [7, 11) is 1.71. The number of rotatable bonds is 5. The van der Waals surface area contributed by atoms with Crippen LogP contribution in [0, 0.1) is 6.92 Å². The van der Waals surface area contributed by atoms with Gasteiger partial charge in [-0.2, -0.15) is 11.8 Å². The Kier molecular flexibility index (Phi) is 4.69. The summed E-state index contributed by atoms with van der Waals surface area (Å²) in [6, 6.07) is 6.27. The zero-order chi connectivity index (χ0) is 12.2. The SMILES string of the molecule is COc1ccc(C)cc1CSCC(C)(C)N. The summed E-state index contributed by atoms with van der Waals surface area (Å²) in [5.41, 5.74) is 8.35. The maximum Gasteiger partial charge on any atom is 0.122 e. The van der Waals surface area contributed by atoms with E-state index in [-0.39, 0.29) is 5.54 Å². The Morgan fingerprint density at radius 1 is 1.38 bits per heavy atom. The van der Waals surface area contributed by atoms with E-state index in [1.165, 1.54) is 11.1 Å². The minimum Gasteiger partial charge on any atom is -0.496 e. The van der Waals surface area contributed by atoms with Gasteiger partial charge in [-0.1, -0.05) is 17.7 Å². The van der Waals surface area contributed by atoms with E-state index in [0.29, 0.717) is 0 Å². The van der Waals surface area contributed by atoms with Gasteiger partial charge in [0.1, 0.15) is 5.75 Å². The summed E-state index contributed by atoms with van der Waals surface area (Å²) < 4.78 is 5.34. The molecule has 0 aliphatic carbocycles. The number of thioether (sulfide) groups is 1. The highest BCUT2D eigenvalue weighted by molar-refractivity contribution is 7.98. The van der Waals surface area contributed by atoms with Crippen molar-refractivity contribution in [1.29, 1.82) is 0 Å². The van der Waals surface area contributed by atoms with Crippen LogP contribution in [0.15, 0.2) is 18.2 Å². The highest BCUT2D eigenvalue weighted by Gasteiger charge is 2.11. The lowest BCUT2D eigenvalue weighted by Crippen LogP contribution is -2.34. The van der Waals surface area contributed by atoms with Crippen LogP contribution in [0.25, 0.3) is 0 Å². The second-order valence-electron chi connectivity index (χ2n) is 4.80. The average Bonchev–Trinajstić information content (AvgIpc) is 2.16. The standard InChI is InChI=1S/C13H21NOS/c1-10-5-6-12(15-4)11(7-10)8-16-9-13(2,3)14/h5-7H,8-9,14H2,1-4H3. The lowest BCUT2D eigenvalue weighted by Gasteiger charge is -2.18. The van der Waals surface area contributed by atoms with Crippen LogP contribution in [-0.4, -0.2) is 18.4 Å². The van der Waals surface area contributed by atoms with Crippen LogP contribution in [-0.2, 0) is 5.75 Å². The first kappa shape index (κ1) is 13.4. The van der Waals surface area contributed by atoms with E-state index in [4.69, 9.17) is 10.5 Å². The first-order valence-corrected chi connectivity index (χ1v) is 6.58. The zero-order valence-electron chi connectivity index (χ0n) is 10.5. The fourth-order valence-corrected chi connectivity index (χ4v) is 2.52. The second-order valence-corrected chi connectivity index (χ2v) is 5.78. The molecule has 0 amide bonds. The maximum absolute atomic E-state index is 5.95. The van der Waals surface area contributed by atoms with Crippen molar-refractivity contribution < 1.29 is 4.74 Å². The molecule has 0 aliphatic rings.